The summed E-state index contributed by atoms with van der Waals surface area (Å²) in [5.74, 6) is -1.30. The van der Waals surface area contributed by atoms with Gasteiger partial charge in [0.1, 0.15) is 10.9 Å². The summed E-state index contributed by atoms with van der Waals surface area (Å²) in [4.78, 5) is 55.7. The molecule has 5 N–H and O–H groups in total. The first-order valence-corrected chi connectivity index (χ1v) is 16.7. The van der Waals surface area contributed by atoms with Crippen molar-refractivity contribution in [1.29, 1.82) is 0 Å². The Morgan fingerprint density at radius 2 is 1.24 bits per heavy atom. The number of anilines is 3. The number of benzene rings is 5. The van der Waals surface area contributed by atoms with Gasteiger partial charge in [-0.3, -0.25) is 19.2 Å². The third-order valence-electron chi connectivity index (χ3n) is 7.63. The van der Waals surface area contributed by atoms with E-state index in [1.165, 1.54) is 18.7 Å². The van der Waals surface area contributed by atoms with Gasteiger partial charge in [-0.2, -0.15) is 0 Å². The molecule has 0 bridgehead atoms. The number of aromatic nitrogens is 1. The van der Waals surface area contributed by atoms with Gasteiger partial charge in [0, 0.05) is 57.1 Å². The van der Waals surface area contributed by atoms with Gasteiger partial charge in [0.15, 0.2) is 0 Å². The fourth-order valence-corrected chi connectivity index (χ4v) is 6.24. The van der Waals surface area contributed by atoms with Crippen molar-refractivity contribution in [3.8, 4) is 0 Å². The molecule has 0 aliphatic heterocycles. The molecule has 0 radical (unpaired) electrons. The lowest BCUT2D eigenvalue weighted by atomic mass is 10.1. The molecule has 0 spiro atoms. The molecule has 10 heteroatoms. The maximum Gasteiger partial charge on any atom is 0.272 e. The largest absolute Gasteiger partial charge is 0.361 e. The minimum Gasteiger partial charge on any atom is -0.361 e. The molecule has 0 fully saturated rings. The molecule has 0 saturated carbocycles. The molecule has 1 heterocycles. The SMILES string of the molecule is CC(=O)Nc1ccc(NC(=O)[C@@H](Sc2ccc(NC(=O)/C(=C/c3c[nH]c4ccccc34)NC(=O)c3ccccc3)cc2)c2ccccc2)cc1. The monoisotopic (exact) mass is 679 g/mol. The Morgan fingerprint density at radius 3 is 1.92 bits per heavy atom. The molecule has 248 valence electrons. The molecule has 0 aliphatic carbocycles. The molecule has 6 aromatic rings. The lowest BCUT2D eigenvalue weighted by Gasteiger charge is -2.18. The van der Waals surface area contributed by atoms with Crippen LogP contribution in [0.1, 0.15) is 33.7 Å². The average molecular weight is 680 g/mol. The van der Waals surface area contributed by atoms with Crippen LogP contribution in [0.2, 0.25) is 0 Å². The van der Waals surface area contributed by atoms with Crippen molar-refractivity contribution in [2.75, 3.05) is 16.0 Å². The summed E-state index contributed by atoms with van der Waals surface area (Å²) in [6.45, 7) is 1.44. The van der Waals surface area contributed by atoms with E-state index in [9.17, 15) is 19.2 Å². The fourth-order valence-electron chi connectivity index (χ4n) is 5.21. The van der Waals surface area contributed by atoms with Gasteiger partial charge in [-0.15, -0.1) is 11.8 Å². The summed E-state index contributed by atoms with van der Waals surface area (Å²) >= 11 is 1.37. The molecule has 9 nitrogen and oxygen atoms in total. The second-order valence-corrected chi connectivity index (χ2v) is 12.5. The predicted molar refractivity (Wildman–Crippen MR) is 200 cm³/mol. The molecule has 0 aliphatic rings. The van der Waals surface area contributed by atoms with E-state index in [1.807, 2.05) is 72.8 Å². The van der Waals surface area contributed by atoms with E-state index in [2.05, 4.69) is 26.3 Å². The minimum absolute atomic E-state index is 0.0768. The van der Waals surface area contributed by atoms with Crippen LogP contribution >= 0.6 is 11.8 Å². The second-order valence-electron chi connectivity index (χ2n) is 11.3. The van der Waals surface area contributed by atoms with Gasteiger partial charge < -0.3 is 26.3 Å². The van der Waals surface area contributed by atoms with Crippen molar-refractivity contribution in [2.45, 2.75) is 17.1 Å². The van der Waals surface area contributed by atoms with Crippen LogP contribution < -0.4 is 21.3 Å². The van der Waals surface area contributed by atoms with Gasteiger partial charge in [0.25, 0.3) is 11.8 Å². The quantitative estimate of drug-likeness (QED) is 0.0699. The summed E-state index contributed by atoms with van der Waals surface area (Å²) in [5.41, 5.74) is 4.72. The number of H-pyrrole nitrogens is 1. The van der Waals surface area contributed by atoms with Gasteiger partial charge in [0.2, 0.25) is 11.8 Å². The minimum atomic E-state index is -0.578. The first-order chi connectivity index (χ1) is 24.3. The summed E-state index contributed by atoms with van der Waals surface area (Å²) < 4.78 is 0. The number of hydrogen-bond donors (Lipinski definition) is 5. The topological polar surface area (TPSA) is 132 Å². The Bertz CT molecular complexity index is 2160. The van der Waals surface area contributed by atoms with Crippen LogP contribution in [0.5, 0.6) is 0 Å². The highest BCUT2D eigenvalue weighted by atomic mass is 32.2. The average Bonchev–Trinajstić information content (AvgIpc) is 3.55. The number of thioether (sulfide) groups is 1. The van der Waals surface area contributed by atoms with E-state index in [-0.39, 0.29) is 17.5 Å². The molecule has 0 saturated heterocycles. The molecule has 6 rings (SSSR count). The van der Waals surface area contributed by atoms with Gasteiger partial charge >= 0.3 is 0 Å². The van der Waals surface area contributed by atoms with Crippen molar-refractivity contribution in [1.82, 2.24) is 10.3 Å². The highest BCUT2D eigenvalue weighted by Crippen LogP contribution is 2.37. The van der Waals surface area contributed by atoms with Crippen molar-refractivity contribution in [3.63, 3.8) is 0 Å². The van der Waals surface area contributed by atoms with Crippen LogP contribution in [0.3, 0.4) is 0 Å². The zero-order valence-electron chi connectivity index (χ0n) is 27.0. The molecule has 1 atom stereocenters. The number of carbonyl (C=O) groups is 4. The summed E-state index contributed by atoms with van der Waals surface area (Å²) in [6.07, 6.45) is 3.44. The fraction of sp³-hybridized carbons (Fsp3) is 0.0500. The highest BCUT2D eigenvalue weighted by Gasteiger charge is 2.23. The number of rotatable bonds is 11. The number of carbonyl (C=O) groups excluding carboxylic acids is 4. The third-order valence-corrected chi connectivity index (χ3v) is 8.90. The van der Waals surface area contributed by atoms with E-state index < -0.39 is 17.1 Å². The highest BCUT2D eigenvalue weighted by molar-refractivity contribution is 8.00. The number of hydrogen-bond acceptors (Lipinski definition) is 5. The van der Waals surface area contributed by atoms with Gasteiger partial charge in [0.05, 0.1) is 0 Å². The smallest absolute Gasteiger partial charge is 0.272 e. The van der Waals surface area contributed by atoms with E-state index in [4.69, 9.17) is 0 Å². The maximum absolute atomic E-state index is 13.6. The van der Waals surface area contributed by atoms with Crippen molar-refractivity contribution in [2.24, 2.45) is 0 Å². The van der Waals surface area contributed by atoms with Gasteiger partial charge in [-0.25, -0.2) is 0 Å². The summed E-state index contributed by atoms with van der Waals surface area (Å²) in [5, 5.41) is 11.7. The van der Waals surface area contributed by atoms with Crippen LogP contribution in [0.25, 0.3) is 17.0 Å². The van der Waals surface area contributed by atoms with Crippen molar-refractivity contribution in [3.05, 3.63) is 162 Å². The molecular weight excluding hydrogens is 647 g/mol. The number of aromatic amines is 1. The third kappa shape index (κ3) is 8.55. The van der Waals surface area contributed by atoms with E-state index in [0.717, 1.165) is 26.9 Å². The summed E-state index contributed by atoms with van der Waals surface area (Å²) in [7, 11) is 0. The Kier molecular flexibility index (Phi) is 10.5. The number of amides is 4. The van der Waals surface area contributed by atoms with Crippen LogP contribution in [0.15, 0.2) is 150 Å². The van der Waals surface area contributed by atoms with E-state index >= 15 is 0 Å². The standard InChI is InChI=1S/C40H33N5O4S/c1-26(46)42-30-16-18-31(19-17-30)44-40(49)37(27-10-4-2-5-11-27)50-33-22-20-32(21-23-33)43-39(48)36(45-38(47)28-12-6-3-7-13-28)24-29-25-41-35-15-9-8-14-34(29)35/h2-25,37,41H,1H3,(H,42,46)(H,43,48)(H,44,49)(H,45,47)/b36-24-/t37-/m0/s1. The first kappa shape index (κ1) is 33.5. The molecular formula is C40H33N5O4S. The van der Waals surface area contributed by atoms with E-state index in [1.54, 1.807) is 72.9 Å². The lowest BCUT2D eigenvalue weighted by Crippen LogP contribution is -2.30. The molecule has 4 amide bonds. The number of para-hydroxylation sites is 1. The first-order valence-electron chi connectivity index (χ1n) is 15.8. The normalized spacial score (nSPS) is 11.7. The van der Waals surface area contributed by atoms with Gasteiger partial charge in [-0.05, 0) is 78.4 Å². The Morgan fingerprint density at radius 1 is 0.660 bits per heavy atom. The van der Waals surface area contributed by atoms with Crippen molar-refractivity contribution < 1.29 is 19.2 Å². The molecule has 1 aromatic heterocycles. The zero-order chi connectivity index (χ0) is 34.9. The summed E-state index contributed by atoms with van der Waals surface area (Å²) in [6, 6.07) is 40.0. The zero-order valence-corrected chi connectivity index (χ0v) is 27.8. The predicted octanol–water partition coefficient (Wildman–Crippen LogP) is 8.01. The van der Waals surface area contributed by atoms with Crippen molar-refractivity contribution >= 4 is 69.4 Å². The van der Waals surface area contributed by atoms with Crippen LogP contribution in [0.4, 0.5) is 17.1 Å². The molecule has 0 unspecified atom stereocenters. The Hall–Kier alpha value is -6.39. The Labute approximate surface area is 293 Å². The number of fused-ring (bicyclic) bond motifs is 1. The number of nitrogens with one attached hydrogen (secondary N) is 5. The van der Waals surface area contributed by atoms with Crippen LogP contribution in [-0.4, -0.2) is 28.6 Å². The lowest BCUT2D eigenvalue weighted by molar-refractivity contribution is -0.116. The van der Waals surface area contributed by atoms with Gasteiger partial charge in [-0.1, -0.05) is 66.7 Å². The Balaban J connectivity index is 1.19. The second kappa shape index (κ2) is 15.7. The van der Waals surface area contributed by atoms with Crippen LogP contribution in [0, 0.1) is 0 Å². The molecule has 50 heavy (non-hydrogen) atoms. The maximum atomic E-state index is 13.6. The molecule has 5 aromatic carbocycles. The van der Waals surface area contributed by atoms with E-state index in [0.29, 0.717) is 22.6 Å². The van der Waals surface area contributed by atoms with Crippen LogP contribution in [-0.2, 0) is 14.4 Å².